The maximum absolute atomic E-state index is 10.7. The molecular weight excluding hydrogens is 1680 g/mol. The first-order chi connectivity index (χ1) is 62.7. The summed E-state index contributed by atoms with van der Waals surface area (Å²) in [5, 5.41) is 24.0. The number of ether oxygens (including phenoxy) is 25. The van der Waals surface area contributed by atoms with E-state index in [9.17, 15) is 19.2 Å². The van der Waals surface area contributed by atoms with Crippen LogP contribution in [0.2, 0.25) is 0 Å². The largest absolute Gasteiger partial charge is 0.505 e. The van der Waals surface area contributed by atoms with E-state index in [0.29, 0.717) is 144 Å². The lowest BCUT2D eigenvalue weighted by atomic mass is 10.1. The Kier molecular flexibility index (Phi) is 152. The number of carbonyl (C=O) groups excluding carboxylic acids is 3. The van der Waals surface area contributed by atoms with Crippen LogP contribution in [-0.2, 0) is 119 Å². The molecule has 4 aromatic carbocycles. The van der Waals surface area contributed by atoms with Gasteiger partial charge in [-0.15, -0.1) is 0 Å². The number of unbranched alkanes of at least 4 members (excludes halogenated alkanes) is 1. The number of aliphatic hydroxyl groups is 2. The standard InChI is InChI=1S/C16H16O2.C11H14O2.C10H12O2.C8H12O3.C8H14O3.C5H8O4.4C5H10O2.C5H8O2.2C4H8O2.2C3H6O/c1-2-17-12-13-18-16-10-8-15(9-11-16)14-6-4-3-5-7-14;1-3-12-8-9-13-11-6-4-10(2)5-7-11;1-2-11-8-9-12-10-6-4-3-5-7-10;1-4-10-5-6-11-8(9)7(2)3;1-2-10-6-3-4-7-11-8-5-9;1-2-8-3-4-9-5(6)7;4*1-3-7-5-4-6-2;1-2-7-5-3-4-6;2*1-2-6-4-3-5;2*1-3-4-2/h2-11H,1,12-13H2;3-7H,1,8-9H2,2H3;2-7H,1,8-9H2;4H,1-2,5-6H2,3H3;2,5H,1,3-4,6-8H2;2H,1,3-4H2,(H,6,7);4*3H,1,4-5H2,2H3;2,4H,1,3,5H2;2*2,5H,1,3-4H2;2*3H,1H2,2H3. The molecule has 0 bridgehead atoms. The summed E-state index contributed by atoms with van der Waals surface area (Å²) in [5.41, 5.74) is 4.02. The molecule has 0 aliphatic carbocycles. The minimum absolute atomic E-state index is 0.0430. The summed E-state index contributed by atoms with van der Waals surface area (Å²) in [4.78, 5) is 39.7. The highest BCUT2D eigenvalue weighted by atomic mass is 16.7. The summed E-state index contributed by atoms with van der Waals surface area (Å²) in [7, 11) is 9.65. The van der Waals surface area contributed by atoms with E-state index in [-0.39, 0.29) is 39.6 Å². The Bertz CT molecular complexity index is 2970. The number of hydrogen-bond donors (Lipinski definition) is 3. The van der Waals surface area contributed by atoms with Crippen LogP contribution in [0.15, 0.2) is 314 Å². The maximum Gasteiger partial charge on any atom is 0.505 e. The van der Waals surface area contributed by atoms with Crippen molar-refractivity contribution in [3.8, 4) is 28.4 Å². The Morgan fingerprint density at radius 3 is 0.868 bits per heavy atom. The van der Waals surface area contributed by atoms with Crippen molar-refractivity contribution >= 4 is 24.7 Å². The van der Waals surface area contributed by atoms with Crippen molar-refractivity contribution in [3.05, 3.63) is 320 Å². The van der Waals surface area contributed by atoms with Crippen molar-refractivity contribution in [2.45, 2.75) is 33.1 Å². The third kappa shape index (κ3) is 156. The molecule has 129 heavy (non-hydrogen) atoms. The molecule has 0 heterocycles. The summed E-state index contributed by atoms with van der Waals surface area (Å²) >= 11 is 0. The third-order valence-corrected chi connectivity index (χ3v) is 11.6. The number of aliphatic hydroxyl groups excluding tert-OH is 2. The van der Waals surface area contributed by atoms with Crippen LogP contribution in [0.3, 0.4) is 0 Å². The van der Waals surface area contributed by atoms with Crippen molar-refractivity contribution in [2.24, 2.45) is 0 Å². The summed E-state index contributed by atoms with van der Waals surface area (Å²) in [5.74, 6) is 2.20. The first-order valence-electron chi connectivity index (χ1n) is 39.4. The highest BCUT2D eigenvalue weighted by Crippen LogP contribution is 2.22. The van der Waals surface area contributed by atoms with Gasteiger partial charge in [0, 0.05) is 47.0 Å². The number of methoxy groups -OCH3 is 6. The molecule has 0 amide bonds. The number of esters is 1. The van der Waals surface area contributed by atoms with Gasteiger partial charge in [-0.1, -0.05) is 184 Å². The molecule has 4 aromatic rings. The van der Waals surface area contributed by atoms with Crippen molar-refractivity contribution in [1.29, 1.82) is 0 Å². The number of aryl methyl sites for hydroxylation is 1. The number of benzene rings is 4. The zero-order valence-electron chi connectivity index (χ0n) is 77.7. The van der Waals surface area contributed by atoms with E-state index in [4.69, 9.17) is 81.6 Å². The quantitative estimate of drug-likeness (QED) is 0.0121. The van der Waals surface area contributed by atoms with Gasteiger partial charge in [-0.2, -0.15) is 0 Å². The van der Waals surface area contributed by atoms with Crippen LogP contribution in [0.5, 0.6) is 17.2 Å². The van der Waals surface area contributed by atoms with Crippen LogP contribution < -0.4 is 14.2 Å². The number of aldehydes is 2. The molecule has 0 unspecified atom stereocenters. The van der Waals surface area contributed by atoms with E-state index in [1.54, 1.807) is 49.6 Å². The molecule has 3 N–H and O–H groups in total. The van der Waals surface area contributed by atoms with Gasteiger partial charge in [-0.05, 0) is 74.2 Å². The van der Waals surface area contributed by atoms with E-state index in [0.717, 1.165) is 42.7 Å². The van der Waals surface area contributed by atoms with Gasteiger partial charge in [0.05, 0.1) is 161 Å². The smallest absolute Gasteiger partial charge is 0.505 e. The van der Waals surface area contributed by atoms with Crippen molar-refractivity contribution in [1.82, 2.24) is 0 Å². The molecule has 0 saturated heterocycles. The molecule has 0 atom stereocenters. The Hall–Kier alpha value is -13.1. The van der Waals surface area contributed by atoms with Gasteiger partial charge >= 0.3 is 12.1 Å². The Morgan fingerprint density at radius 1 is 0.310 bits per heavy atom. The molecule has 0 radical (unpaired) electrons. The first kappa shape index (κ1) is 139. The second kappa shape index (κ2) is 141. The monoisotopic (exact) mass is 1830 g/mol. The number of para-hydroxylation sites is 1. The van der Waals surface area contributed by atoms with Crippen molar-refractivity contribution < 1.29 is 153 Å². The predicted molar refractivity (Wildman–Crippen MR) is 509 cm³/mol. The van der Waals surface area contributed by atoms with E-state index >= 15 is 0 Å². The molecule has 732 valence electrons. The second-order valence-corrected chi connectivity index (χ2v) is 21.2. The molecule has 0 fully saturated rings. The van der Waals surface area contributed by atoms with Crippen LogP contribution in [0.25, 0.3) is 11.1 Å². The number of carboxylic acid groups (broad SMARTS) is 1. The van der Waals surface area contributed by atoms with Gasteiger partial charge in [0.2, 0.25) is 0 Å². The predicted octanol–water partition coefficient (Wildman–Crippen LogP) is 17.6. The molecule has 0 aliphatic rings. The van der Waals surface area contributed by atoms with Crippen LogP contribution >= 0.6 is 0 Å². The average Bonchev–Trinajstić information content (AvgIpc) is 0.866. The fourth-order valence-electron chi connectivity index (χ4n) is 5.98. The summed E-state index contributed by atoms with van der Waals surface area (Å²) in [6.45, 7) is 68.9. The lowest BCUT2D eigenvalue weighted by molar-refractivity contribution is -0.140. The van der Waals surface area contributed by atoms with Crippen LogP contribution in [-0.4, -0.2) is 254 Å². The molecule has 32 heteroatoms. The number of carbonyl (C=O) groups is 4. The molecule has 0 aliphatic heterocycles. The lowest BCUT2D eigenvalue weighted by Crippen LogP contribution is -2.09. The Labute approximate surface area is 769 Å². The van der Waals surface area contributed by atoms with E-state index in [2.05, 4.69) is 182 Å². The lowest BCUT2D eigenvalue weighted by Gasteiger charge is -2.07. The highest BCUT2D eigenvalue weighted by molar-refractivity contribution is 5.86. The number of hydrogen-bond acceptors (Lipinski definition) is 31. The van der Waals surface area contributed by atoms with Gasteiger partial charge in [-0.25, -0.2) is 9.59 Å². The normalized spacial score (nSPS) is 8.39. The third-order valence-electron chi connectivity index (χ3n) is 11.6. The molecule has 32 nitrogen and oxygen atoms in total. The van der Waals surface area contributed by atoms with Gasteiger partial charge in [0.25, 0.3) is 0 Å². The van der Waals surface area contributed by atoms with Crippen LogP contribution in [0, 0.1) is 6.92 Å². The van der Waals surface area contributed by atoms with Crippen molar-refractivity contribution in [3.63, 3.8) is 0 Å². The molecule has 4 rings (SSSR count). The summed E-state index contributed by atoms with van der Waals surface area (Å²) in [6.07, 6.45) is 23.1. The maximum atomic E-state index is 10.7. The fourth-order valence-corrected chi connectivity index (χ4v) is 5.98. The van der Waals surface area contributed by atoms with Crippen molar-refractivity contribution in [2.75, 3.05) is 214 Å². The van der Waals surface area contributed by atoms with Gasteiger partial charge < -0.3 is 143 Å². The van der Waals surface area contributed by atoms with E-state index < -0.39 is 12.1 Å². The topological polar surface area (TPSA) is 360 Å². The fraction of sp³-hybridized carbons (Fsp3) is 0.381. The minimum Gasteiger partial charge on any atom is -0.505 e. The zero-order chi connectivity index (χ0) is 99.1. The first-order valence-corrected chi connectivity index (χ1v) is 39.4. The second-order valence-electron chi connectivity index (χ2n) is 21.2. The van der Waals surface area contributed by atoms with Crippen LogP contribution in [0.1, 0.15) is 31.7 Å². The molecule has 0 spiro atoms. The average molecular weight is 1830 g/mol. The van der Waals surface area contributed by atoms with Gasteiger partial charge in [0.1, 0.15) is 142 Å². The molecular formula is C97H152O32. The molecule has 0 aromatic heterocycles. The zero-order valence-corrected chi connectivity index (χ0v) is 77.7. The number of rotatable bonds is 61. The highest BCUT2D eigenvalue weighted by Gasteiger charge is 2.02. The minimum atomic E-state index is -1.29. The summed E-state index contributed by atoms with van der Waals surface area (Å²) < 4.78 is 119. The van der Waals surface area contributed by atoms with E-state index in [1.807, 2.05) is 91.9 Å². The van der Waals surface area contributed by atoms with Crippen LogP contribution in [0.4, 0.5) is 4.79 Å². The van der Waals surface area contributed by atoms with Gasteiger partial charge in [-0.3, -0.25) is 0 Å². The SMILES string of the molecule is C=COC.C=COC.C=COCCC=O.C=COCCCCOCC=O.C=COCCO.C=COCCO.C=COCCOC.C=COCCOC.C=COCCOC.C=COCCOC.C=COCCOC(=O)C(=C)C.C=COCCOC(=O)O.C=COCCOc1ccc(-c2ccccc2)cc1.C=COCCOc1ccc(C)cc1.C=COCCOc1ccccc1. The molecule has 0 saturated carbocycles. The Morgan fingerprint density at radius 2 is 0.581 bits per heavy atom. The summed E-state index contributed by atoms with van der Waals surface area (Å²) in [6, 6.07) is 35.9. The Balaban J connectivity index is -0.000000131. The van der Waals surface area contributed by atoms with E-state index in [1.165, 1.54) is 111 Å². The van der Waals surface area contributed by atoms with Gasteiger partial charge in [0.15, 0.2) is 0 Å².